The number of halogens is 6. The Bertz CT molecular complexity index is 837. The monoisotopic (exact) mass is 376 g/mol. The van der Waals surface area contributed by atoms with Crippen molar-refractivity contribution in [1.82, 2.24) is 0 Å². The summed E-state index contributed by atoms with van der Waals surface area (Å²) in [6, 6.07) is 6.97. The van der Waals surface area contributed by atoms with Crippen LogP contribution in [0.2, 0.25) is 0 Å². The highest BCUT2D eigenvalue weighted by Crippen LogP contribution is 2.39. The lowest BCUT2D eigenvalue weighted by atomic mass is 9.96. The molecular formula is C17H10F6O3. The van der Waals surface area contributed by atoms with E-state index in [0.29, 0.717) is 18.2 Å². The molecule has 2 aromatic carbocycles. The van der Waals surface area contributed by atoms with Crippen molar-refractivity contribution in [3.8, 4) is 16.9 Å². The normalized spacial score (nSPS) is 12.4. The topological polar surface area (TPSA) is 46.5 Å². The lowest BCUT2D eigenvalue weighted by Crippen LogP contribution is -2.17. The number of aliphatic carboxylic acids is 1. The summed E-state index contributed by atoms with van der Waals surface area (Å²) in [5.41, 5.74) is -1.63. The number of carboxylic acid groups (broad SMARTS) is 1. The zero-order valence-corrected chi connectivity index (χ0v) is 12.7. The summed E-state index contributed by atoms with van der Waals surface area (Å²) in [4.78, 5) is 10.7. The maximum Gasteiger partial charge on any atom is 0.573 e. The molecule has 0 aromatic heterocycles. The van der Waals surface area contributed by atoms with E-state index in [1.807, 2.05) is 0 Å². The number of carboxylic acids is 1. The van der Waals surface area contributed by atoms with Crippen molar-refractivity contribution in [2.45, 2.75) is 12.5 Å². The summed E-state index contributed by atoms with van der Waals surface area (Å²) in [5, 5.41) is 8.69. The van der Waals surface area contributed by atoms with E-state index in [1.54, 1.807) is 0 Å². The molecule has 0 aliphatic rings. The van der Waals surface area contributed by atoms with Gasteiger partial charge in [-0.2, -0.15) is 13.2 Å². The minimum absolute atomic E-state index is 0.0152. The molecule has 0 aliphatic carbocycles. The van der Waals surface area contributed by atoms with Gasteiger partial charge in [0, 0.05) is 11.6 Å². The minimum atomic E-state index is -5.05. The summed E-state index contributed by atoms with van der Waals surface area (Å²) < 4.78 is 80.5. The van der Waals surface area contributed by atoms with Gasteiger partial charge in [0.2, 0.25) is 0 Å². The van der Waals surface area contributed by atoms with Crippen LogP contribution in [0, 0.1) is 0 Å². The van der Waals surface area contributed by atoms with Crippen molar-refractivity contribution >= 4 is 12.0 Å². The highest BCUT2D eigenvalue weighted by atomic mass is 19.4. The van der Waals surface area contributed by atoms with E-state index in [-0.39, 0.29) is 16.7 Å². The Morgan fingerprint density at radius 2 is 1.62 bits per heavy atom. The Labute approximate surface area is 143 Å². The minimum Gasteiger partial charge on any atom is -0.478 e. The number of para-hydroxylation sites is 1. The summed E-state index contributed by atoms with van der Waals surface area (Å²) in [5.74, 6) is -2.07. The van der Waals surface area contributed by atoms with Crippen molar-refractivity contribution in [3.05, 3.63) is 59.7 Å². The van der Waals surface area contributed by atoms with E-state index in [2.05, 4.69) is 4.74 Å². The molecule has 0 unspecified atom stereocenters. The first-order valence-electron chi connectivity index (χ1n) is 6.95. The van der Waals surface area contributed by atoms with Crippen LogP contribution in [0.25, 0.3) is 17.2 Å². The molecule has 0 saturated heterocycles. The first-order valence-corrected chi connectivity index (χ1v) is 6.95. The van der Waals surface area contributed by atoms with E-state index in [1.165, 1.54) is 12.1 Å². The van der Waals surface area contributed by atoms with Crippen LogP contribution in [0.3, 0.4) is 0 Å². The van der Waals surface area contributed by atoms with Crippen LogP contribution in [0.5, 0.6) is 5.75 Å². The zero-order valence-electron chi connectivity index (χ0n) is 12.7. The van der Waals surface area contributed by atoms with E-state index < -0.39 is 29.8 Å². The largest absolute Gasteiger partial charge is 0.573 e. The van der Waals surface area contributed by atoms with Crippen molar-refractivity contribution < 1.29 is 41.0 Å². The first kappa shape index (κ1) is 19.4. The van der Waals surface area contributed by atoms with E-state index in [4.69, 9.17) is 5.11 Å². The van der Waals surface area contributed by atoms with Gasteiger partial charge in [-0.15, -0.1) is 13.2 Å². The maximum absolute atomic E-state index is 13.0. The average Bonchev–Trinajstić information content (AvgIpc) is 2.51. The lowest BCUT2D eigenvalue weighted by molar-refractivity contribution is -0.274. The molecule has 0 saturated carbocycles. The molecule has 0 amide bonds. The molecule has 2 rings (SSSR count). The molecule has 9 heteroatoms. The van der Waals surface area contributed by atoms with Crippen molar-refractivity contribution in [1.29, 1.82) is 0 Å². The van der Waals surface area contributed by atoms with Crippen LogP contribution < -0.4 is 4.74 Å². The van der Waals surface area contributed by atoms with E-state index in [9.17, 15) is 31.1 Å². The van der Waals surface area contributed by atoms with E-state index in [0.717, 1.165) is 24.3 Å². The molecular weight excluding hydrogens is 366 g/mol. The zero-order chi connectivity index (χ0) is 19.5. The Morgan fingerprint density at radius 1 is 0.962 bits per heavy atom. The number of benzene rings is 2. The molecule has 1 N–H and O–H groups in total. The molecule has 0 fully saturated rings. The quantitative estimate of drug-likeness (QED) is 0.577. The number of hydrogen-bond donors (Lipinski definition) is 1. The van der Waals surface area contributed by atoms with Crippen molar-refractivity contribution in [2.24, 2.45) is 0 Å². The van der Waals surface area contributed by atoms with Gasteiger partial charge in [-0.25, -0.2) is 4.79 Å². The Hall–Kier alpha value is -2.97. The third-order valence-corrected chi connectivity index (χ3v) is 3.19. The van der Waals surface area contributed by atoms with Gasteiger partial charge in [0.05, 0.1) is 5.56 Å². The van der Waals surface area contributed by atoms with Gasteiger partial charge in [-0.1, -0.05) is 24.3 Å². The van der Waals surface area contributed by atoms with Crippen LogP contribution in [-0.4, -0.2) is 17.4 Å². The number of carbonyl (C=O) groups is 1. The van der Waals surface area contributed by atoms with E-state index >= 15 is 0 Å². The van der Waals surface area contributed by atoms with Gasteiger partial charge in [0.1, 0.15) is 5.75 Å². The van der Waals surface area contributed by atoms with Crippen molar-refractivity contribution in [3.63, 3.8) is 0 Å². The molecule has 0 spiro atoms. The standard InChI is InChI=1S/C17H10F6O3/c18-16(19,20)11-7-5-10(6-8-15(24)25)13(9-11)12-3-1-2-4-14(12)26-17(21,22)23/h1-9H,(H,24,25)/b8-6+. The maximum atomic E-state index is 13.0. The predicted octanol–water partition coefficient (Wildman–Crippen LogP) is 5.37. The molecule has 0 heterocycles. The highest BCUT2D eigenvalue weighted by molar-refractivity contribution is 5.88. The van der Waals surface area contributed by atoms with Crippen LogP contribution in [0.4, 0.5) is 26.3 Å². The van der Waals surface area contributed by atoms with Crippen LogP contribution in [0.1, 0.15) is 11.1 Å². The second-order valence-corrected chi connectivity index (χ2v) is 5.02. The molecule has 0 bridgehead atoms. The van der Waals surface area contributed by atoms with Gasteiger partial charge >= 0.3 is 18.5 Å². The highest BCUT2D eigenvalue weighted by Gasteiger charge is 2.34. The molecule has 0 radical (unpaired) electrons. The Morgan fingerprint density at radius 3 is 2.19 bits per heavy atom. The molecule has 3 nitrogen and oxygen atoms in total. The van der Waals surface area contributed by atoms with Crippen molar-refractivity contribution in [2.75, 3.05) is 0 Å². The van der Waals surface area contributed by atoms with Crippen LogP contribution in [-0.2, 0) is 11.0 Å². The molecule has 0 aliphatic heterocycles. The fraction of sp³-hybridized carbons (Fsp3) is 0.118. The SMILES string of the molecule is O=C(O)/C=C/c1ccc(C(F)(F)F)cc1-c1ccccc1OC(F)(F)F. The molecule has 26 heavy (non-hydrogen) atoms. The summed E-state index contributed by atoms with van der Waals surface area (Å²) >= 11 is 0. The van der Waals surface area contributed by atoms with Gasteiger partial charge in [-0.05, 0) is 35.4 Å². The van der Waals surface area contributed by atoms with Gasteiger partial charge in [0.25, 0.3) is 0 Å². The number of ether oxygens (including phenoxy) is 1. The van der Waals surface area contributed by atoms with Gasteiger partial charge in [0.15, 0.2) is 0 Å². The Kier molecular flexibility index (Phi) is 5.29. The van der Waals surface area contributed by atoms with Gasteiger partial charge in [-0.3, -0.25) is 0 Å². The molecule has 0 atom stereocenters. The number of hydrogen-bond acceptors (Lipinski definition) is 2. The third-order valence-electron chi connectivity index (χ3n) is 3.19. The smallest absolute Gasteiger partial charge is 0.478 e. The fourth-order valence-corrected chi connectivity index (χ4v) is 2.18. The average molecular weight is 376 g/mol. The third kappa shape index (κ3) is 5.01. The van der Waals surface area contributed by atoms with Gasteiger partial charge < -0.3 is 9.84 Å². The summed E-state index contributed by atoms with van der Waals surface area (Å²) in [7, 11) is 0. The second-order valence-electron chi connectivity index (χ2n) is 5.02. The fourth-order valence-electron chi connectivity index (χ4n) is 2.18. The predicted molar refractivity (Wildman–Crippen MR) is 80.2 cm³/mol. The first-order chi connectivity index (χ1) is 12.0. The summed E-state index contributed by atoms with van der Waals surface area (Å²) in [6.45, 7) is 0. The van der Waals surface area contributed by atoms with Crippen LogP contribution in [0.15, 0.2) is 48.5 Å². The number of alkyl halides is 6. The summed E-state index contributed by atoms with van der Waals surface area (Å²) in [6.07, 6.45) is -8.13. The number of rotatable bonds is 4. The molecule has 138 valence electrons. The second kappa shape index (κ2) is 7.11. The Balaban J connectivity index is 2.68. The van der Waals surface area contributed by atoms with Crippen LogP contribution >= 0.6 is 0 Å². The lowest BCUT2D eigenvalue weighted by Gasteiger charge is -2.16. The molecule has 2 aromatic rings.